The van der Waals surface area contributed by atoms with E-state index in [1.807, 2.05) is 0 Å². The molecule has 21 heavy (non-hydrogen) atoms. The normalized spacial score (nSPS) is 17.9. The molecule has 6 heteroatoms. The van der Waals surface area contributed by atoms with E-state index in [0.29, 0.717) is 0 Å². The molecule has 0 radical (unpaired) electrons. The monoisotopic (exact) mass is 284 g/mol. The number of hydrogen-bond acceptors (Lipinski definition) is 5. The largest absolute Gasteiger partial charge is 0.347 e. The Hall–Kier alpha value is -1.95. The molecule has 1 aliphatic heterocycles. The highest BCUT2D eigenvalue weighted by molar-refractivity contribution is 5.43. The van der Waals surface area contributed by atoms with Crippen molar-refractivity contribution in [2.45, 2.75) is 45.4 Å². The van der Waals surface area contributed by atoms with Crippen LogP contribution in [-0.4, -0.2) is 32.3 Å². The first-order valence-corrected chi connectivity index (χ1v) is 7.60. The highest BCUT2D eigenvalue weighted by atomic mass is 15.3. The zero-order valence-corrected chi connectivity index (χ0v) is 12.3. The third-order valence-electron chi connectivity index (χ3n) is 4.13. The molecule has 3 heterocycles. The van der Waals surface area contributed by atoms with E-state index < -0.39 is 0 Å². The van der Waals surface area contributed by atoms with Gasteiger partial charge in [0, 0.05) is 31.4 Å². The summed E-state index contributed by atoms with van der Waals surface area (Å²) in [5, 5.41) is 11.7. The van der Waals surface area contributed by atoms with Crippen LogP contribution in [0.4, 0.5) is 5.82 Å². The molecule has 0 bridgehead atoms. The van der Waals surface area contributed by atoms with Gasteiger partial charge in [-0.05, 0) is 37.5 Å². The highest BCUT2D eigenvalue weighted by Gasteiger charge is 2.21. The Bertz CT molecular complexity index is 645. The fourth-order valence-electron chi connectivity index (χ4n) is 2.80. The molecule has 0 saturated heterocycles. The van der Waals surface area contributed by atoms with Crippen LogP contribution in [0.15, 0.2) is 18.5 Å². The minimum Gasteiger partial charge on any atom is -0.347 e. The molecule has 1 N–H and O–H groups in total. The molecule has 110 valence electrons. The minimum atomic E-state index is 0.732. The van der Waals surface area contributed by atoms with Crippen LogP contribution in [0.25, 0.3) is 0 Å². The van der Waals surface area contributed by atoms with Gasteiger partial charge in [-0.1, -0.05) is 0 Å². The van der Waals surface area contributed by atoms with Gasteiger partial charge in [-0.3, -0.25) is 0 Å². The van der Waals surface area contributed by atoms with Crippen molar-refractivity contribution in [1.29, 1.82) is 0 Å². The number of fused-ring (bicyclic) bond motifs is 1. The Kier molecular flexibility index (Phi) is 3.11. The molecular weight excluding hydrogens is 264 g/mol. The van der Waals surface area contributed by atoms with E-state index in [-0.39, 0.29) is 0 Å². The van der Waals surface area contributed by atoms with Crippen molar-refractivity contribution in [3.63, 3.8) is 0 Å². The highest BCUT2D eigenvalue weighted by Crippen LogP contribution is 2.22. The van der Waals surface area contributed by atoms with E-state index in [1.54, 1.807) is 6.33 Å². The van der Waals surface area contributed by atoms with Gasteiger partial charge < -0.3 is 14.8 Å². The van der Waals surface area contributed by atoms with Crippen molar-refractivity contribution in [2.75, 3.05) is 11.4 Å². The first kappa shape index (κ1) is 12.8. The molecule has 1 fully saturated rings. The number of pyridine rings is 1. The van der Waals surface area contributed by atoms with Gasteiger partial charge in [0.1, 0.15) is 12.1 Å². The van der Waals surface area contributed by atoms with Crippen molar-refractivity contribution < 1.29 is 0 Å². The van der Waals surface area contributed by atoms with Crippen LogP contribution < -0.4 is 10.2 Å². The maximum Gasteiger partial charge on any atom is 0.152 e. The number of nitrogens with one attached hydrogen (secondary N) is 1. The zero-order chi connectivity index (χ0) is 14.2. The topological polar surface area (TPSA) is 58.9 Å². The Balaban J connectivity index is 1.53. The molecule has 2 aromatic rings. The fourth-order valence-corrected chi connectivity index (χ4v) is 2.80. The number of aryl methyl sites for hydroxylation is 1. The molecule has 6 nitrogen and oxygen atoms in total. The van der Waals surface area contributed by atoms with Gasteiger partial charge >= 0.3 is 0 Å². The zero-order valence-electron chi connectivity index (χ0n) is 12.3. The summed E-state index contributed by atoms with van der Waals surface area (Å²) in [7, 11) is 0. The van der Waals surface area contributed by atoms with E-state index in [9.17, 15) is 0 Å². The lowest BCUT2D eigenvalue weighted by atomic mass is 10.2. The van der Waals surface area contributed by atoms with Crippen LogP contribution in [-0.2, 0) is 19.6 Å². The molecular formula is C15H20N6. The van der Waals surface area contributed by atoms with Crippen molar-refractivity contribution in [3.8, 4) is 0 Å². The number of hydrogen-bond donors (Lipinski definition) is 1. The van der Waals surface area contributed by atoms with Gasteiger partial charge in [-0.2, -0.15) is 0 Å². The van der Waals surface area contributed by atoms with Crippen molar-refractivity contribution in [2.24, 2.45) is 0 Å². The first-order valence-electron chi connectivity index (χ1n) is 7.60. The average Bonchev–Trinajstić information content (AvgIpc) is 3.20. The summed E-state index contributed by atoms with van der Waals surface area (Å²) >= 11 is 0. The summed E-state index contributed by atoms with van der Waals surface area (Å²) in [6.07, 6.45) is 4.44. The lowest BCUT2D eigenvalue weighted by molar-refractivity contribution is 0.555. The molecule has 4 rings (SSSR count). The van der Waals surface area contributed by atoms with Gasteiger partial charge in [-0.25, -0.2) is 4.98 Å². The Morgan fingerprint density at radius 3 is 3.05 bits per heavy atom. The van der Waals surface area contributed by atoms with E-state index in [1.165, 1.54) is 18.4 Å². The number of anilines is 1. The Morgan fingerprint density at radius 1 is 1.29 bits per heavy atom. The van der Waals surface area contributed by atoms with Crippen molar-refractivity contribution >= 4 is 5.82 Å². The van der Waals surface area contributed by atoms with Crippen LogP contribution in [0.5, 0.6) is 0 Å². The van der Waals surface area contributed by atoms with Crippen LogP contribution in [0, 0.1) is 6.92 Å². The molecule has 2 aromatic heterocycles. The van der Waals surface area contributed by atoms with Crippen LogP contribution in [0.3, 0.4) is 0 Å². The van der Waals surface area contributed by atoms with Crippen LogP contribution in [0.2, 0.25) is 0 Å². The first-order chi connectivity index (χ1) is 10.3. The fraction of sp³-hybridized carbons (Fsp3) is 0.533. The van der Waals surface area contributed by atoms with Gasteiger partial charge in [0.05, 0.1) is 6.54 Å². The number of nitrogens with zero attached hydrogens (tertiary/aromatic N) is 5. The lowest BCUT2D eigenvalue weighted by Gasteiger charge is -2.28. The lowest BCUT2D eigenvalue weighted by Crippen LogP contribution is -2.34. The quantitative estimate of drug-likeness (QED) is 0.916. The minimum absolute atomic E-state index is 0.732. The second-order valence-corrected chi connectivity index (χ2v) is 5.99. The number of rotatable bonds is 4. The van der Waals surface area contributed by atoms with Gasteiger partial charge in [0.2, 0.25) is 0 Å². The molecule has 1 saturated carbocycles. The maximum atomic E-state index is 4.70. The summed E-state index contributed by atoms with van der Waals surface area (Å²) in [5.74, 6) is 2.07. The molecule has 0 amide bonds. The molecule has 1 aliphatic carbocycles. The summed E-state index contributed by atoms with van der Waals surface area (Å²) in [5.41, 5.74) is 2.39. The molecule has 0 aromatic carbocycles. The van der Waals surface area contributed by atoms with E-state index >= 15 is 0 Å². The van der Waals surface area contributed by atoms with Gasteiger partial charge in [0.25, 0.3) is 0 Å². The summed E-state index contributed by atoms with van der Waals surface area (Å²) in [4.78, 5) is 6.99. The number of aromatic nitrogens is 4. The predicted octanol–water partition coefficient (Wildman–Crippen LogP) is 1.25. The Labute approximate surface area is 124 Å². The third kappa shape index (κ3) is 2.76. The standard InChI is InChI=1S/C15H20N6/c1-11-6-12(8-16-13-2-3-13)7-14(18-11)20-4-5-21-10-17-19-15(21)9-20/h6-7,10,13,16H,2-5,8-9H2,1H3. The average molecular weight is 284 g/mol. The predicted molar refractivity (Wildman–Crippen MR) is 79.9 cm³/mol. The van der Waals surface area contributed by atoms with Crippen LogP contribution in [0.1, 0.15) is 29.9 Å². The van der Waals surface area contributed by atoms with Gasteiger partial charge in [0.15, 0.2) is 5.82 Å². The van der Waals surface area contributed by atoms with E-state index in [2.05, 4.69) is 44.0 Å². The summed E-state index contributed by atoms with van der Waals surface area (Å²) in [6.45, 7) is 5.66. The van der Waals surface area contributed by atoms with Gasteiger partial charge in [-0.15, -0.1) is 10.2 Å². The van der Waals surface area contributed by atoms with Crippen molar-refractivity contribution in [1.82, 2.24) is 25.1 Å². The van der Waals surface area contributed by atoms with Crippen molar-refractivity contribution in [3.05, 3.63) is 35.5 Å². The second-order valence-electron chi connectivity index (χ2n) is 5.99. The third-order valence-corrected chi connectivity index (χ3v) is 4.13. The Morgan fingerprint density at radius 2 is 2.19 bits per heavy atom. The van der Waals surface area contributed by atoms with Crippen LogP contribution >= 0.6 is 0 Å². The molecule has 0 atom stereocenters. The molecule has 2 aliphatic rings. The second kappa shape index (κ2) is 5.11. The van der Waals surface area contributed by atoms with E-state index in [4.69, 9.17) is 4.98 Å². The smallest absolute Gasteiger partial charge is 0.152 e. The maximum absolute atomic E-state index is 4.70. The molecule has 0 unspecified atom stereocenters. The van der Waals surface area contributed by atoms with E-state index in [0.717, 1.165) is 49.6 Å². The summed E-state index contributed by atoms with van der Waals surface area (Å²) in [6, 6.07) is 5.11. The molecule has 0 spiro atoms. The SMILES string of the molecule is Cc1cc(CNC2CC2)cc(N2CCn3cnnc3C2)n1. The summed E-state index contributed by atoms with van der Waals surface area (Å²) < 4.78 is 2.11.